The largest absolute Gasteiger partial charge is 0.379 e. The summed E-state index contributed by atoms with van der Waals surface area (Å²) in [5, 5.41) is 3.14. The first kappa shape index (κ1) is 20.3. The van der Waals surface area contributed by atoms with Crippen LogP contribution in [-0.2, 0) is 4.74 Å². The Kier molecular flexibility index (Phi) is 6.15. The summed E-state index contributed by atoms with van der Waals surface area (Å²) < 4.78 is 5.55. The van der Waals surface area contributed by atoms with E-state index in [0.29, 0.717) is 0 Å². The van der Waals surface area contributed by atoms with Gasteiger partial charge in [-0.1, -0.05) is 24.3 Å². The molecule has 4 rings (SSSR count). The number of nitrogens with zero attached hydrogens (tertiary/aromatic N) is 2. The van der Waals surface area contributed by atoms with E-state index in [0.717, 1.165) is 55.0 Å². The summed E-state index contributed by atoms with van der Waals surface area (Å²) in [7, 11) is 2.06. The zero-order chi connectivity index (χ0) is 20.4. The molecule has 29 heavy (non-hydrogen) atoms. The molecule has 0 spiro atoms. The van der Waals surface area contributed by atoms with Crippen LogP contribution in [0.25, 0.3) is 10.9 Å². The standard InChI is InChI=1S/C23H29N3O2S/c1-16-22(18-7-4-5-8-19(18)24-16)23(27)17(2)25(3)15-20(21-9-6-14-29-21)26-10-12-28-13-11-26/h4-9,14,17,20,24H,10-13,15H2,1-3H3. The number of aromatic nitrogens is 1. The van der Waals surface area contributed by atoms with Crippen LogP contribution < -0.4 is 0 Å². The number of likely N-dealkylation sites (N-methyl/N-ethyl adjacent to an activating group) is 1. The Hall–Kier alpha value is -1.99. The van der Waals surface area contributed by atoms with Crippen LogP contribution in [0.5, 0.6) is 0 Å². The minimum atomic E-state index is -0.198. The minimum Gasteiger partial charge on any atom is -0.379 e. The molecule has 0 aliphatic carbocycles. The van der Waals surface area contributed by atoms with Crippen molar-refractivity contribution < 1.29 is 9.53 Å². The molecular weight excluding hydrogens is 382 g/mol. The highest BCUT2D eigenvalue weighted by molar-refractivity contribution is 7.10. The summed E-state index contributed by atoms with van der Waals surface area (Å²) in [5.74, 6) is 0.175. The fraction of sp³-hybridized carbons (Fsp3) is 0.435. The van der Waals surface area contributed by atoms with Crippen LogP contribution in [0.2, 0.25) is 0 Å². The number of ether oxygens (including phenoxy) is 1. The van der Waals surface area contributed by atoms with Crippen LogP contribution in [0.4, 0.5) is 0 Å². The van der Waals surface area contributed by atoms with E-state index in [1.54, 1.807) is 11.3 Å². The van der Waals surface area contributed by atoms with Crippen molar-refractivity contribution in [1.29, 1.82) is 0 Å². The summed E-state index contributed by atoms with van der Waals surface area (Å²) >= 11 is 1.79. The molecule has 0 bridgehead atoms. The number of benzene rings is 1. The average Bonchev–Trinajstić information content (AvgIpc) is 3.38. The molecule has 6 heteroatoms. The number of carbonyl (C=O) groups excluding carboxylic acids is 1. The molecule has 1 aromatic carbocycles. The maximum atomic E-state index is 13.4. The van der Waals surface area contributed by atoms with Gasteiger partial charge in [0.05, 0.1) is 25.3 Å². The summed E-state index contributed by atoms with van der Waals surface area (Å²) in [6, 6.07) is 12.4. The fourth-order valence-electron chi connectivity index (χ4n) is 4.19. The fourth-order valence-corrected chi connectivity index (χ4v) is 5.04. The number of rotatable bonds is 7. The normalized spacial score (nSPS) is 17.7. The van der Waals surface area contributed by atoms with E-state index in [1.807, 2.05) is 38.1 Å². The van der Waals surface area contributed by atoms with Crippen molar-refractivity contribution in [3.8, 4) is 0 Å². The van der Waals surface area contributed by atoms with E-state index in [4.69, 9.17) is 4.74 Å². The molecule has 1 saturated heterocycles. The van der Waals surface area contributed by atoms with Gasteiger partial charge in [0.2, 0.25) is 0 Å². The molecule has 2 unspecified atom stereocenters. The quantitative estimate of drug-likeness (QED) is 0.595. The zero-order valence-corrected chi connectivity index (χ0v) is 18.2. The molecule has 1 aliphatic rings. The SMILES string of the molecule is Cc1[nH]c2ccccc2c1C(=O)C(C)N(C)CC(c1cccs1)N1CCOCC1. The van der Waals surface area contributed by atoms with Crippen molar-refractivity contribution in [2.75, 3.05) is 39.9 Å². The summed E-state index contributed by atoms with van der Waals surface area (Å²) in [6.45, 7) is 8.23. The highest BCUT2D eigenvalue weighted by Crippen LogP contribution is 2.29. The molecule has 2 aromatic heterocycles. The molecule has 0 saturated carbocycles. The third-order valence-electron chi connectivity index (χ3n) is 6.00. The van der Waals surface area contributed by atoms with E-state index in [-0.39, 0.29) is 17.9 Å². The van der Waals surface area contributed by atoms with E-state index in [2.05, 4.69) is 39.3 Å². The summed E-state index contributed by atoms with van der Waals surface area (Å²) in [5.41, 5.74) is 2.78. The van der Waals surface area contributed by atoms with Crippen molar-refractivity contribution in [2.24, 2.45) is 0 Å². The average molecular weight is 412 g/mol. The number of H-pyrrole nitrogens is 1. The number of thiophene rings is 1. The maximum Gasteiger partial charge on any atom is 0.182 e. The summed E-state index contributed by atoms with van der Waals surface area (Å²) in [6.07, 6.45) is 0. The van der Waals surface area contributed by atoms with Gasteiger partial charge in [-0.25, -0.2) is 0 Å². The van der Waals surface area contributed by atoms with Gasteiger partial charge in [0.1, 0.15) is 0 Å². The highest BCUT2D eigenvalue weighted by atomic mass is 32.1. The number of hydrogen-bond acceptors (Lipinski definition) is 5. The van der Waals surface area contributed by atoms with Crippen LogP contribution in [-0.4, -0.2) is 66.5 Å². The lowest BCUT2D eigenvalue weighted by molar-refractivity contribution is 0.00801. The lowest BCUT2D eigenvalue weighted by Crippen LogP contribution is -2.46. The number of morpholine rings is 1. The summed E-state index contributed by atoms with van der Waals surface area (Å²) in [4.78, 5) is 22.8. The lowest BCUT2D eigenvalue weighted by atomic mass is 10.0. The number of ketones is 1. The molecule has 1 N–H and O–H groups in total. The van der Waals surface area contributed by atoms with E-state index >= 15 is 0 Å². The monoisotopic (exact) mass is 411 g/mol. The van der Waals surface area contributed by atoms with Crippen LogP contribution in [0.3, 0.4) is 0 Å². The highest BCUT2D eigenvalue weighted by Gasteiger charge is 2.29. The number of aromatic amines is 1. The Balaban J connectivity index is 1.55. The number of Topliss-reactive ketones (excluding diaryl/α,β-unsaturated/α-hetero) is 1. The van der Waals surface area contributed by atoms with Gasteiger partial charge in [-0.15, -0.1) is 11.3 Å². The topological polar surface area (TPSA) is 48.6 Å². The zero-order valence-electron chi connectivity index (χ0n) is 17.4. The molecule has 3 aromatic rings. The number of hydrogen-bond donors (Lipinski definition) is 1. The Morgan fingerprint density at radius 3 is 2.72 bits per heavy atom. The molecule has 3 heterocycles. The molecule has 5 nitrogen and oxygen atoms in total. The first-order valence-electron chi connectivity index (χ1n) is 10.2. The van der Waals surface area contributed by atoms with Gasteiger partial charge in [0.15, 0.2) is 5.78 Å². The van der Waals surface area contributed by atoms with Crippen molar-refractivity contribution in [3.05, 3.63) is 57.9 Å². The number of nitrogens with one attached hydrogen (secondary N) is 1. The van der Waals surface area contributed by atoms with Crippen molar-refractivity contribution in [3.63, 3.8) is 0 Å². The molecule has 2 atom stereocenters. The second-order valence-electron chi connectivity index (χ2n) is 7.83. The van der Waals surface area contributed by atoms with Gasteiger partial charge in [-0.3, -0.25) is 14.6 Å². The third-order valence-corrected chi connectivity index (χ3v) is 6.97. The van der Waals surface area contributed by atoms with Crippen LogP contribution in [0.1, 0.15) is 33.9 Å². The van der Waals surface area contributed by atoms with Crippen LogP contribution >= 0.6 is 11.3 Å². The van der Waals surface area contributed by atoms with Gasteiger partial charge in [0, 0.05) is 46.7 Å². The number of fused-ring (bicyclic) bond motifs is 1. The van der Waals surface area contributed by atoms with Crippen LogP contribution in [0.15, 0.2) is 41.8 Å². The molecule has 0 amide bonds. The Morgan fingerprint density at radius 2 is 2.00 bits per heavy atom. The molecule has 0 radical (unpaired) electrons. The van der Waals surface area contributed by atoms with Crippen molar-refractivity contribution >= 4 is 28.0 Å². The van der Waals surface area contributed by atoms with E-state index in [9.17, 15) is 4.79 Å². The Bertz CT molecular complexity index is 960. The predicted molar refractivity (Wildman–Crippen MR) is 119 cm³/mol. The Labute approximate surface area is 176 Å². The van der Waals surface area contributed by atoms with Gasteiger partial charge in [-0.2, -0.15) is 0 Å². The smallest absolute Gasteiger partial charge is 0.182 e. The van der Waals surface area contributed by atoms with Gasteiger partial charge in [-0.05, 0) is 38.4 Å². The van der Waals surface area contributed by atoms with Crippen LogP contribution in [0, 0.1) is 6.92 Å². The van der Waals surface area contributed by atoms with Gasteiger partial charge >= 0.3 is 0 Å². The van der Waals surface area contributed by atoms with E-state index in [1.165, 1.54) is 4.88 Å². The predicted octanol–water partition coefficient (Wildman–Crippen LogP) is 4.11. The van der Waals surface area contributed by atoms with Gasteiger partial charge in [0.25, 0.3) is 0 Å². The van der Waals surface area contributed by atoms with Gasteiger partial charge < -0.3 is 9.72 Å². The van der Waals surface area contributed by atoms with E-state index < -0.39 is 0 Å². The van der Waals surface area contributed by atoms with Crippen molar-refractivity contribution in [2.45, 2.75) is 25.9 Å². The first-order valence-corrected chi connectivity index (χ1v) is 11.1. The molecule has 1 fully saturated rings. The number of carbonyl (C=O) groups is 1. The molecule has 1 aliphatic heterocycles. The number of aryl methyl sites for hydroxylation is 1. The third kappa shape index (κ3) is 4.16. The lowest BCUT2D eigenvalue weighted by Gasteiger charge is -2.37. The second kappa shape index (κ2) is 8.79. The molecular formula is C23H29N3O2S. The minimum absolute atomic E-state index is 0.175. The Morgan fingerprint density at radius 1 is 1.24 bits per heavy atom. The second-order valence-corrected chi connectivity index (χ2v) is 8.81. The maximum absolute atomic E-state index is 13.4. The van der Waals surface area contributed by atoms with Crippen molar-refractivity contribution in [1.82, 2.24) is 14.8 Å². The first-order chi connectivity index (χ1) is 14.1. The number of para-hydroxylation sites is 1. The molecule has 154 valence electrons.